The average Bonchev–Trinajstić information content (AvgIpc) is 2.70. The maximum atomic E-state index is 5.51. The average molecular weight is 389 g/mol. The van der Waals surface area contributed by atoms with E-state index in [0.29, 0.717) is 0 Å². The highest BCUT2D eigenvalue weighted by Crippen LogP contribution is 2.40. The summed E-state index contributed by atoms with van der Waals surface area (Å²) in [5, 5.41) is 0. The molecule has 0 aliphatic rings. The predicted molar refractivity (Wildman–Crippen MR) is 122 cm³/mol. The van der Waals surface area contributed by atoms with E-state index in [-0.39, 0.29) is 5.41 Å². The van der Waals surface area contributed by atoms with E-state index in [9.17, 15) is 0 Å². The zero-order chi connectivity index (χ0) is 21.2. The maximum absolute atomic E-state index is 5.51. The van der Waals surface area contributed by atoms with Gasteiger partial charge in [-0.2, -0.15) is 0 Å². The van der Waals surface area contributed by atoms with Crippen LogP contribution >= 0.6 is 0 Å². The highest BCUT2D eigenvalue weighted by atomic mass is 16.5. The van der Waals surface area contributed by atoms with E-state index in [0.717, 1.165) is 29.0 Å². The number of hydrogen-bond acceptors (Lipinski definition) is 2. The Morgan fingerprint density at radius 1 is 0.655 bits per heavy atom. The molecule has 29 heavy (non-hydrogen) atoms. The molecule has 0 heterocycles. The lowest BCUT2D eigenvalue weighted by Crippen LogP contribution is -2.28. The summed E-state index contributed by atoms with van der Waals surface area (Å²) < 4.78 is 11.0. The van der Waals surface area contributed by atoms with E-state index < -0.39 is 0 Å². The van der Waals surface area contributed by atoms with Crippen LogP contribution in [0.4, 0.5) is 0 Å². The molecule has 152 valence electrons. The highest BCUT2D eigenvalue weighted by molar-refractivity contribution is 5.50. The molecule has 3 aromatic carbocycles. The molecule has 0 atom stereocenters. The second-order valence-corrected chi connectivity index (χ2v) is 8.25. The van der Waals surface area contributed by atoms with Crippen molar-refractivity contribution in [1.29, 1.82) is 0 Å². The van der Waals surface area contributed by atoms with Gasteiger partial charge < -0.3 is 9.47 Å². The van der Waals surface area contributed by atoms with Gasteiger partial charge in [0.25, 0.3) is 0 Å². The van der Waals surface area contributed by atoms with Crippen LogP contribution < -0.4 is 9.47 Å². The Morgan fingerprint density at radius 2 is 1.10 bits per heavy atom. The van der Waals surface area contributed by atoms with E-state index in [2.05, 4.69) is 89.2 Å². The third-order valence-electron chi connectivity index (χ3n) is 6.24. The summed E-state index contributed by atoms with van der Waals surface area (Å²) in [5.41, 5.74) is 8.82. The molecule has 0 aromatic heterocycles. The Kier molecular flexibility index (Phi) is 6.02. The summed E-state index contributed by atoms with van der Waals surface area (Å²) in [7, 11) is 3.45. The molecule has 0 saturated heterocycles. The van der Waals surface area contributed by atoms with Gasteiger partial charge in [-0.25, -0.2) is 0 Å². The Hall–Kier alpha value is -2.74. The minimum atomic E-state index is -0.176. The molecule has 2 heteroatoms. The van der Waals surface area contributed by atoms with Crippen LogP contribution in [0, 0.1) is 27.7 Å². The van der Waals surface area contributed by atoms with Crippen LogP contribution in [0.1, 0.15) is 45.9 Å². The predicted octanol–water partition coefficient (Wildman–Crippen LogP) is 6.49. The van der Waals surface area contributed by atoms with E-state index >= 15 is 0 Å². The van der Waals surface area contributed by atoms with Gasteiger partial charge in [-0.1, -0.05) is 49.4 Å². The molecule has 2 nitrogen and oxygen atoms in total. The molecule has 0 radical (unpaired) electrons. The minimum Gasteiger partial charge on any atom is -0.496 e. The number of ether oxygens (including phenoxy) is 2. The first-order chi connectivity index (χ1) is 13.8. The molecule has 0 aliphatic heterocycles. The number of hydrogen-bond donors (Lipinski definition) is 0. The van der Waals surface area contributed by atoms with Gasteiger partial charge in [0.1, 0.15) is 11.5 Å². The topological polar surface area (TPSA) is 18.5 Å². The Bertz CT molecular complexity index is 943. The number of aryl methyl sites for hydroxylation is 4. The minimum absolute atomic E-state index is 0.176. The van der Waals surface area contributed by atoms with E-state index in [1.165, 1.54) is 27.8 Å². The molecule has 0 aliphatic carbocycles. The largest absolute Gasteiger partial charge is 0.496 e. The normalized spacial score (nSPS) is 11.4. The number of methoxy groups -OCH3 is 2. The highest BCUT2D eigenvalue weighted by Gasteiger charge is 2.31. The number of benzene rings is 3. The summed E-state index contributed by atoms with van der Waals surface area (Å²) in [5.74, 6) is 1.85. The van der Waals surface area contributed by atoms with Gasteiger partial charge in [-0.3, -0.25) is 0 Å². The fourth-order valence-corrected chi connectivity index (χ4v) is 4.30. The van der Waals surface area contributed by atoms with Crippen LogP contribution in [-0.2, 0) is 11.8 Å². The van der Waals surface area contributed by atoms with Crippen LogP contribution in [0.5, 0.6) is 11.5 Å². The lowest BCUT2D eigenvalue weighted by atomic mass is 9.70. The molecule has 0 spiro atoms. The third-order valence-corrected chi connectivity index (χ3v) is 6.24. The molecule has 0 saturated carbocycles. The van der Waals surface area contributed by atoms with Crippen LogP contribution in [-0.4, -0.2) is 14.2 Å². The quantitative estimate of drug-likeness (QED) is 0.481. The van der Waals surface area contributed by atoms with Gasteiger partial charge in [0.15, 0.2) is 0 Å². The first-order valence-electron chi connectivity index (χ1n) is 10.2. The van der Waals surface area contributed by atoms with Crippen LogP contribution in [0.3, 0.4) is 0 Å². The Labute approximate surface area is 175 Å². The monoisotopic (exact) mass is 388 g/mol. The summed E-state index contributed by atoms with van der Waals surface area (Å²) in [6.45, 7) is 11.0. The Balaban J connectivity index is 2.20. The SMILES string of the molecule is COc1ccc(C(C)(Cc2c(C)cccc2C)c2ccc(OC)c(C)c2)cc1C. The first-order valence-corrected chi connectivity index (χ1v) is 10.2. The second-order valence-electron chi connectivity index (χ2n) is 8.25. The van der Waals surface area contributed by atoms with Crippen molar-refractivity contribution < 1.29 is 9.47 Å². The van der Waals surface area contributed by atoms with E-state index in [4.69, 9.17) is 9.47 Å². The van der Waals surface area contributed by atoms with Crippen LogP contribution in [0.25, 0.3) is 0 Å². The molecular formula is C27H32O2. The van der Waals surface area contributed by atoms with Gasteiger partial charge >= 0.3 is 0 Å². The molecule has 0 unspecified atom stereocenters. The fraction of sp³-hybridized carbons (Fsp3) is 0.333. The smallest absolute Gasteiger partial charge is 0.121 e. The van der Waals surface area contributed by atoms with Crippen LogP contribution in [0.2, 0.25) is 0 Å². The molecule has 0 amide bonds. The molecule has 3 aromatic rings. The molecule has 0 bridgehead atoms. The van der Waals surface area contributed by atoms with Crippen molar-refractivity contribution in [3.8, 4) is 11.5 Å². The van der Waals surface area contributed by atoms with Gasteiger partial charge in [0.2, 0.25) is 0 Å². The molecular weight excluding hydrogens is 356 g/mol. The summed E-state index contributed by atoms with van der Waals surface area (Å²) in [6.07, 6.45) is 0.934. The maximum Gasteiger partial charge on any atom is 0.121 e. The Morgan fingerprint density at radius 3 is 1.48 bits per heavy atom. The number of rotatable bonds is 6. The van der Waals surface area contributed by atoms with Crippen molar-refractivity contribution in [2.24, 2.45) is 0 Å². The van der Waals surface area contributed by atoms with Crippen molar-refractivity contribution in [1.82, 2.24) is 0 Å². The van der Waals surface area contributed by atoms with Crippen molar-refractivity contribution in [2.45, 2.75) is 46.5 Å². The van der Waals surface area contributed by atoms with Crippen molar-refractivity contribution in [3.63, 3.8) is 0 Å². The van der Waals surface area contributed by atoms with Crippen molar-refractivity contribution in [3.05, 3.63) is 93.5 Å². The summed E-state index contributed by atoms with van der Waals surface area (Å²) in [6, 6.07) is 19.7. The van der Waals surface area contributed by atoms with E-state index in [1.807, 2.05) is 0 Å². The summed E-state index contributed by atoms with van der Waals surface area (Å²) in [4.78, 5) is 0. The van der Waals surface area contributed by atoms with Gasteiger partial charge in [-0.05, 0) is 85.2 Å². The van der Waals surface area contributed by atoms with Gasteiger partial charge in [-0.15, -0.1) is 0 Å². The fourth-order valence-electron chi connectivity index (χ4n) is 4.30. The molecule has 0 N–H and O–H groups in total. The lowest BCUT2D eigenvalue weighted by Gasteiger charge is -2.33. The second kappa shape index (κ2) is 8.32. The molecule has 0 fully saturated rings. The standard InChI is InChI=1S/C27H32O2/c1-18-9-8-10-19(2)24(18)17-27(5,22-11-13-25(28-6)20(3)15-22)23-12-14-26(29-7)21(4)16-23/h8-16H,17H2,1-7H3. The van der Waals surface area contributed by atoms with E-state index in [1.54, 1.807) is 14.2 Å². The molecule has 3 rings (SSSR count). The third kappa shape index (κ3) is 4.03. The zero-order valence-electron chi connectivity index (χ0n) is 18.7. The lowest BCUT2D eigenvalue weighted by molar-refractivity contribution is 0.410. The van der Waals surface area contributed by atoms with Gasteiger partial charge in [0.05, 0.1) is 14.2 Å². The summed E-state index contributed by atoms with van der Waals surface area (Å²) >= 11 is 0. The van der Waals surface area contributed by atoms with Crippen molar-refractivity contribution in [2.75, 3.05) is 14.2 Å². The van der Waals surface area contributed by atoms with Crippen molar-refractivity contribution >= 4 is 0 Å². The first kappa shape index (κ1) is 21.0. The zero-order valence-corrected chi connectivity index (χ0v) is 18.7. The van der Waals surface area contributed by atoms with Crippen LogP contribution in [0.15, 0.2) is 54.6 Å². The van der Waals surface area contributed by atoms with Gasteiger partial charge in [0, 0.05) is 5.41 Å².